The van der Waals surface area contributed by atoms with E-state index >= 15 is 0 Å². The summed E-state index contributed by atoms with van der Waals surface area (Å²) in [5.41, 5.74) is 1.47. The summed E-state index contributed by atoms with van der Waals surface area (Å²) in [6.45, 7) is 12.8. The van der Waals surface area contributed by atoms with Crippen LogP contribution in [0.3, 0.4) is 0 Å². The molecule has 0 aliphatic heterocycles. The molecule has 1 aromatic heterocycles. The molecule has 158 valence electrons. The highest BCUT2D eigenvalue weighted by atomic mass is 16.3. The van der Waals surface area contributed by atoms with Crippen LogP contribution >= 0.6 is 0 Å². The van der Waals surface area contributed by atoms with Crippen LogP contribution in [0, 0.1) is 28.6 Å². The summed E-state index contributed by atoms with van der Waals surface area (Å²) in [5, 5.41) is 15.1. The van der Waals surface area contributed by atoms with Gasteiger partial charge < -0.3 is 10.4 Å². The Kier molecular flexibility index (Phi) is 6.87. The first-order valence-electron chi connectivity index (χ1n) is 11.6. The summed E-state index contributed by atoms with van der Waals surface area (Å²) >= 11 is 0. The molecule has 2 aliphatic rings. The van der Waals surface area contributed by atoms with E-state index < -0.39 is 0 Å². The number of rotatable bonds is 8. The van der Waals surface area contributed by atoms with Gasteiger partial charge in [-0.15, -0.1) is 0 Å². The number of nitrogens with one attached hydrogen (secondary N) is 1. The fraction of sp³-hybridized carbons (Fsp3) is 0.800. The molecule has 28 heavy (non-hydrogen) atoms. The van der Waals surface area contributed by atoms with Gasteiger partial charge in [0.15, 0.2) is 0 Å². The molecule has 0 saturated heterocycles. The number of hydrogen-bond acceptors (Lipinski definition) is 3. The first-order chi connectivity index (χ1) is 13.3. The molecule has 0 spiro atoms. The molecule has 0 unspecified atom stereocenters. The van der Waals surface area contributed by atoms with Gasteiger partial charge in [-0.05, 0) is 60.5 Å². The van der Waals surface area contributed by atoms with Crippen molar-refractivity contribution in [2.24, 2.45) is 28.6 Å². The summed E-state index contributed by atoms with van der Waals surface area (Å²) in [4.78, 5) is 4.21. The van der Waals surface area contributed by atoms with E-state index in [0.717, 1.165) is 37.1 Å². The standard InChI is InChI=1S/C25H42N2O/c1-18(2)8-6-9-19(3)21-11-13-25(5)23(28)22(12-14-24(21,25)4)27-17-20-10-7-15-26-16-20/h7,10,15-16,18-19,21-23,27-28H,6,8-9,11-14,17H2,1-5H3/t19-,21-,22+,23+,24-,25+/m1/s1. The molecule has 3 nitrogen and oxygen atoms in total. The Labute approximate surface area is 172 Å². The second-order valence-electron chi connectivity index (χ2n) is 10.6. The van der Waals surface area contributed by atoms with Crippen molar-refractivity contribution in [3.63, 3.8) is 0 Å². The highest BCUT2D eigenvalue weighted by Crippen LogP contribution is 2.65. The van der Waals surface area contributed by atoms with Gasteiger partial charge in [-0.3, -0.25) is 4.98 Å². The first kappa shape index (κ1) is 21.8. The molecule has 0 bridgehead atoms. The minimum Gasteiger partial charge on any atom is -0.391 e. The number of aliphatic hydroxyl groups excluding tert-OH is 1. The molecule has 3 rings (SSSR count). The number of fused-ring (bicyclic) bond motifs is 1. The van der Waals surface area contributed by atoms with Crippen LogP contribution in [-0.4, -0.2) is 22.2 Å². The number of aromatic nitrogens is 1. The van der Waals surface area contributed by atoms with Crippen LogP contribution < -0.4 is 5.32 Å². The van der Waals surface area contributed by atoms with Crippen molar-refractivity contribution in [3.8, 4) is 0 Å². The smallest absolute Gasteiger partial charge is 0.0752 e. The van der Waals surface area contributed by atoms with Crippen molar-refractivity contribution in [1.29, 1.82) is 0 Å². The van der Waals surface area contributed by atoms with Crippen molar-refractivity contribution >= 4 is 0 Å². The van der Waals surface area contributed by atoms with Gasteiger partial charge in [0.05, 0.1) is 6.10 Å². The molecular formula is C25H42N2O. The molecule has 2 saturated carbocycles. The number of aliphatic hydroxyl groups is 1. The topological polar surface area (TPSA) is 45.1 Å². The lowest BCUT2D eigenvalue weighted by atomic mass is 9.53. The summed E-state index contributed by atoms with van der Waals surface area (Å²) < 4.78 is 0. The predicted molar refractivity (Wildman–Crippen MR) is 117 cm³/mol. The molecule has 2 fully saturated rings. The molecule has 6 atom stereocenters. The van der Waals surface area contributed by atoms with E-state index in [1.54, 1.807) is 0 Å². The maximum atomic E-state index is 11.4. The van der Waals surface area contributed by atoms with Gasteiger partial charge in [-0.2, -0.15) is 0 Å². The number of hydrogen-bond donors (Lipinski definition) is 2. The zero-order chi connectivity index (χ0) is 20.4. The highest BCUT2D eigenvalue weighted by Gasteiger charge is 2.61. The fourth-order valence-electron chi connectivity index (χ4n) is 6.42. The van der Waals surface area contributed by atoms with E-state index in [2.05, 4.69) is 51.0 Å². The van der Waals surface area contributed by atoms with Gasteiger partial charge in [0, 0.05) is 30.4 Å². The predicted octanol–water partition coefficient (Wildman–Crippen LogP) is 5.58. The second-order valence-corrected chi connectivity index (χ2v) is 10.6. The van der Waals surface area contributed by atoms with Gasteiger partial charge >= 0.3 is 0 Å². The first-order valence-corrected chi connectivity index (χ1v) is 11.6. The maximum absolute atomic E-state index is 11.4. The average Bonchev–Trinajstić information content (AvgIpc) is 2.95. The Morgan fingerprint density at radius 3 is 2.57 bits per heavy atom. The monoisotopic (exact) mass is 386 g/mol. The van der Waals surface area contributed by atoms with E-state index in [4.69, 9.17) is 0 Å². The van der Waals surface area contributed by atoms with Crippen LogP contribution in [-0.2, 0) is 6.54 Å². The van der Waals surface area contributed by atoms with Crippen LogP contribution in [0.15, 0.2) is 24.5 Å². The third-order valence-electron chi connectivity index (χ3n) is 8.53. The van der Waals surface area contributed by atoms with Crippen molar-refractivity contribution in [1.82, 2.24) is 10.3 Å². The minimum atomic E-state index is -0.268. The van der Waals surface area contributed by atoms with Crippen molar-refractivity contribution < 1.29 is 5.11 Å². The average molecular weight is 387 g/mol. The van der Waals surface area contributed by atoms with Gasteiger partial charge in [0.25, 0.3) is 0 Å². The molecule has 0 amide bonds. The minimum absolute atomic E-state index is 0.0226. The van der Waals surface area contributed by atoms with Gasteiger partial charge in [-0.25, -0.2) is 0 Å². The Balaban J connectivity index is 1.63. The summed E-state index contributed by atoms with van der Waals surface area (Å²) in [7, 11) is 0. The number of nitrogens with zero attached hydrogens (tertiary/aromatic N) is 1. The fourth-order valence-corrected chi connectivity index (χ4v) is 6.42. The Morgan fingerprint density at radius 1 is 1.14 bits per heavy atom. The lowest BCUT2D eigenvalue weighted by Gasteiger charge is -2.55. The van der Waals surface area contributed by atoms with E-state index in [-0.39, 0.29) is 23.0 Å². The Hall–Kier alpha value is -0.930. The van der Waals surface area contributed by atoms with Crippen molar-refractivity contribution in [2.75, 3.05) is 0 Å². The zero-order valence-electron chi connectivity index (χ0n) is 18.7. The van der Waals surface area contributed by atoms with E-state index in [1.807, 2.05) is 18.5 Å². The van der Waals surface area contributed by atoms with Crippen molar-refractivity contribution in [3.05, 3.63) is 30.1 Å². The molecular weight excluding hydrogens is 344 g/mol. The van der Waals surface area contributed by atoms with Crippen molar-refractivity contribution in [2.45, 2.75) is 98.3 Å². The largest absolute Gasteiger partial charge is 0.391 e. The van der Waals surface area contributed by atoms with Crippen LogP contribution in [0.4, 0.5) is 0 Å². The lowest BCUT2D eigenvalue weighted by Crippen LogP contribution is -2.58. The van der Waals surface area contributed by atoms with Crippen LogP contribution in [0.25, 0.3) is 0 Å². The summed E-state index contributed by atoms with van der Waals surface area (Å²) in [6, 6.07) is 4.27. The van der Waals surface area contributed by atoms with E-state index in [1.165, 1.54) is 37.7 Å². The maximum Gasteiger partial charge on any atom is 0.0752 e. The number of pyridine rings is 1. The van der Waals surface area contributed by atoms with Crippen LogP contribution in [0.1, 0.15) is 85.1 Å². The van der Waals surface area contributed by atoms with Gasteiger partial charge in [-0.1, -0.05) is 59.9 Å². The summed E-state index contributed by atoms with van der Waals surface area (Å²) in [5.74, 6) is 2.32. The third-order valence-corrected chi connectivity index (χ3v) is 8.53. The lowest BCUT2D eigenvalue weighted by molar-refractivity contribution is -0.113. The van der Waals surface area contributed by atoms with Gasteiger partial charge in [0.2, 0.25) is 0 Å². The normalized spacial score (nSPS) is 36.5. The zero-order valence-corrected chi connectivity index (χ0v) is 18.7. The highest BCUT2D eigenvalue weighted by molar-refractivity contribution is 5.13. The van der Waals surface area contributed by atoms with Gasteiger partial charge in [0.1, 0.15) is 0 Å². The molecule has 3 heteroatoms. The molecule has 0 radical (unpaired) electrons. The Morgan fingerprint density at radius 2 is 1.89 bits per heavy atom. The quantitative estimate of drug-likeness (QED) is 0.613. The molecule has 0 aromatic carbocycles. The third kappa shape index (κ3) is 4.16. The molecule has 1 heterocycles. The Bertz CT molecular complexity index is 618. The molecule has 2 N–H and O–H groups in total. The van der Waals surface area contributed by atoms with E-state index in [0.29, 0.717) is 0 Å². The summed E-state index contributed by atoms with van der Waals surface area (Å²) in [6.07, 6.45) is 12.2. The van der Waals surface area contributed by atoms with E-state index in [9.17, 15) is 5.11 Å². The second kappa shape index (κ2) is 8.83. The SMILES string of the molecule is CC(C)CCC[C@@H](C)[C@H]1CC[C@@]2(C)[C@@H](O)[C@@H](NCc3cccnc3)CC[C@]12C. The van der Waals surface area contributed by atoms with Crippen LogP contribution in [0.5, 0.6) is 0 Å². The molecule has 1 aromatic rings. The van der Waals surface area contributed by atoms with Crippen LogP contribution in [0.2, 0.25) is 0 Å². The molecule has 2 aliphatic carbocycles.